The molecule has 1 aliphatic rings. The molecule has 0 aliphatic carbocycles. The van der Waals surface area contributed by atoms with Crippen LogP contribution in [0.25, 0.3) is 0 Å². The minimum Gasteiger partial charge on any atom is -0.379 e. The molecule has 1 radical (unpaired) electrons. The van der Waals surface area contributed by atoms with Crippen LogP contribution >= 0.6 is 0 Å². The summed E-state index contributed by atoms with van der Waals surface area (Å²) in [5.41, 5.74) is 0.0732. The monoisotopic (exact) mass is 142 g/mol. The van der Waals surface area contributed by atoms with Crippen molar-refractivity contribution >= 4 is 0 Å². The lowest BCUT2D eigenvalue weighted by molar-refractivity contribution is 0.00392. The van der Waals surface area contributed by atoms with E-state index < -0.39 is 0 Å². The van der Waals surface area contributed by atoms with Gasteiger partial charge in [0, 0.05) is 18.6 Å². The maximum atomic E-state index is 5.23. The summed E-state index contributed by atoms with van der Waals surface area (Å²) in [5.74, 6) is 0. The van der Waals surface area contributed by atoms with Crippen molar-refractivity contribution in [3.05, 3.63) is 6.92 Å². The van der Waals surface area contributed by atoms with Crippen LogP contribution in [0.4, 0.5) is 0 Å². The lowest BCUT2D eigenvalue weighted by Crippen LogP contribution is -2.48. The highest BCUT2D eigenvalue weighted by molar-refractivity contribution is 4.84. The van der Waals surface area contributed by atoms with E-state index in [4.69, 9.17) is 4.74 Å². The van der Waals surface area contributed by atoms with Crippen LogP contribution in [0.2, 0.25) is 0 Å². The Hall–Kier alpha value is -0.0800. The molecule has 0 spiro atoms. The zero-order valence-corrected chi connectivity index (χ0v) is 6.89. The Bertz CT molecular complexity index is 100. The van der Waals surface area contributed by atoms with Gasteiger partial charge in [-0.05, 0) is 20.8 Å². The molecule has 0 unspecified atom stereocenters. The van der Waals surface area contributed by atoms with E-state index in [1.54, 1.807) is 0 Å². The second-order valence-corrected chi connectivity index (χ2v) is 3.41. The van der Waals surface area contributed by atoms with Crippen molar-refractivity contribution in [1.82, 2.24) is 4.90 Å². The smallest absolute Gasteiger partial charge is 0.0594 e. The molecule has 0 aromatic heterocycles. The predicted molar refractivity (Wildman–Crippen MR) is 41.8 cm³/mol. The fourth-order valence-corrected chi connectivity index (χ4v) is 1.17. The molecule has 1 rings (SSSR count). The second-order valence-electron chi connectivity index (χ2n) is 3.41. The Balaban J connectivity index is 2.39. The maximum Gasteiger partial charge on any atom is 0.0594 e. The summed E-state index contributed by atoms with van der Waals surface area (Å²) >= 11 is 0. The number of rotatable bonds is 1. The molecular formula is C8H16NO. The van der Waals surface area contributed by atoms with Crippen LogP contribution < -0.4 is 0 Å². The van der Waals surface area contributed by atoms with Crippen LogP contribution in [0.5, 0.6) is 0 Å². The van der Waals surface area contributed by atoms with Crippen molar-refractivity contribution in [2.75, 3.05) is 26.3 Å². The van der Waals surface area contributed by atoms with Crippen LogP contribution in [0, 0.1) is 6.92 Å². The minimum atomic E-state index is 0.0732. The average Bonchev–Trinajstić information content (AvgIpc) is 1.88. The minimum absolute atomic E-state index is 0.0732. The first kappa shape index (κ1) is 8.02. The molecule has 10 heavy (non-hydrogen) atoms. The van der Waals surface area contributed by atoms with E-state index in [1.165, 1.54) is 0 Å². The van der Waals surface area contributed by atoms with Gasteiger partial charge in [0.1, 0.15) is 0 Å². The molecule has 0 aromatic rings. The van der Waals surface area contributed by atoms with Gasteiger partial charge in [-0.3, -0.25) is 4.90 Å². The first-order valence-corrected chi connectivity index (χ1v) is 3.79. The van der Waals surface area contributed by atoms with Crippen molar-refractivity contribution in [1.29, 1.82) is 0 Å². The van der Waals surface area contributed by atoms with E-state index in [0.29, 0.717) is 0 Å². The van der Waals surface area contributed by atoms with Gasteiger partial charge in [0.15, 0.2) is 0 Å². The largest absolute Gasteiger partial charge is 0.379 e. The molecule has 1 heterocycles. The van der Waals surface area contributed by atoms with Gasteiger partial charge in [-0.25, -0.2) is 0 Å². The molecule has 0 aromatic carbocycles. The highest BCUT2D eigenvalue weighted by atomic mass is 16.5. The van der Waals surface area contributed by atoms with E-state index in [0.717, 1.165) is 26.3 Å². The Morgan fingerprint density at radius 1 is 1.30 bits per heavy atom. The first-order valence-electron chi connectivity index (χ1n) is 3.79. The fourth-order valence-electron chi connectivity index (χ4n) is 1.17. The van der Waals surface area contributed by atoms with E-state index in [9.17, 15) is 0 Å². The van der Waals surface area contributed by atoms with Gasteiger partial charge in [-0.1, -0.05) is 0 Å². The summed E-state index contributed by atoms with van der Waals surface area (Å²) in [6, 6.07) is 0. The SMILES string of the molecule is [CH2]C(C)(C)N1CCOCC1. The van der Waals surface area contributed by atoms with Crippen LogP contribution in [0.1, 0.15) is 13.8 Å². The van der Waals surface area contributed by atoms with Gasteiger partial charge in [-0.15, -0.1) is 0 Å². The Labute approximate surface area is 63.2 Å². The van der Waals surface area contributed by atoms with E-state index >= 15 is 0 Å². The molecule has 0 bridgehead atoms. The molecule has 59 valence electrons. The number of ether oxygens (including phenoxy) is 1. The summed E-state index contributed by atoms with van der Waals surface area (Å²) in [5, 5.41) is 0. The molecule has 0 saturated carbocycles. The lowest BCUT2D eigenvalue weighted by Gasteiger charge is -2.37. The fraction of sp³-hybridized carbons (Fsp3) is 0.875. The summed E-state index contributed by atoms with van der Waals surface area (Å²) < 4.78 is 5.23. The number of morpholine rings is 1. The predicted octanol–water partition coefficient (Wildman–Crippen LogP) is 0.931. The van der Waals surface area contributed by atoms with E-state index in [-0.39, 0.29) is 5.54 Å². The highest BCUT2D eigenvalue weighted by Crippen LogP contribution is 2.13. The van der Waals surface area contributed by atoms with Crippen molar-refractivity contribution < 1.29 is 4.74 Å². The van der Waals surface area contributed by atoms with Crippen molar-refractivity contribution in [3.63, 3.8) is 0 Å². The van der Waals surface area contributed by atoms with Gasteiger partial charge < -0.3 is 4.74 Å². The van der Waals surface area contributed by atoms with Crippen LogP contribution in [0.15, 0.2) is 0 Å². The zero-order chi connectivity index (χ0) is 7.61. The van der Waals surface area contributed by atoms with Gasteiger partial charge in [-0.2, -0.15) is 0 Å². The van der Waals surface area contributed by atoms with Crippen LogP contribution in [-0.2, 0) is 4.74 Å². The summed E-state index contributed by atoms with van der Waals surface area (Å²) in [4.78, 5) is 2.34. The highest BCUT2D eigenvalue weighted by Gasteiger charge is 2.22. The summed E-state index contributed by atoms with van der Waals surface area (Å²) in [6.45, 7) is 12.1. The molecule has 0 atom stereocenters. The standard InChI is InChI=1S/C8H16NO/c1-8(2,3)9-4-6-10-7-5-9/h1,4-7H2,2-3H3. The molecule has 1 fully saturated rings. The average molecular weight is 142 g/mol. The van der Waals surface area contributed by atoms with Gasteiger partial charge >= 0.3 is 0 Å². The van der Waals surface area contributed by atoms with Crippen molar-refractivity contribution in [2.45, 2.75) is 19.4 Å². The molecule has 2 heteroatoms. The van der Waals surface area contributed by atoms with Crippen LogP contribution in [0.3, 0.4) is 0 Å². The number of hydrogen-bond acceptors (Lipinski definition) is 2. The summed E-state index contributed by atoms with van der Waals surface area (Å²) in [6.07, 6.45) is 0. The topological polar surface area (TPSA) is 12.5 Å². The lowest BCUT2D eigenvalue weighted by atomic mass is 10.1. The Morgan fingerprint density at radius 3 is 2.10 bits per heavy atom. The number of nitrogens with zero attached hydrogens (tertiary/aromatic N) is 1. The summed E-state index contributed by atoms with van der Waals surface area (Å²) in [7, 11) is 0. The third-order valence-electron chi connectivity index (χ3n) is 1.87. The maximum absolute atomic E-state index is 5.23. The molecular weight excluding hydrogens is 126 g/mol. The van der Waals surface area contributed by atoms with Gasteiger partial charge in [0.05, 0.1) is 13.2 Å². The molecule has 2 nitrogen and oxygen atoms in total. The third kappa shape index (κ3) is 1.96. The zero-order valence-electron chi connectivity index (χ0n) is 6.89. The van der Waals surface area contributed by atoms with E-state index in [2.05, 4.69) is 25.7 Å². The molecule has 1 saturated heterocycles. The van der Waals surface area contributed by atoms with Crippen LogP contribution in [-0.4, -0.2) is 36.7 Å². The Kier molecular flexibility index (Phi) is 2.32. The van der Waals surface area contributed by atoms with Gasteiger partial charge in [0.25, 0.3) is 0 Å². The Morgan fingerprint density at radius 2 is 1.80 bits per heavy atom. The van der Waals surface area contributed by atoms with Crippen molar-refractivity contribution in [3.8, 4) is 0 Å². The van der Waals surface area contributed by atoms with Gasteiger partial charge in [0.2, 0.25) is 0 Å². The normalized spacial score (nSPS) is 23.1. The van der Waals surface area contributed by atoms with E-state index in [1.807, 2.05) is 0 Å². The second kappa shape index (κ2) is 2.89. The number of hydrogen-bond donors (Lipinski definition) is 0. The van der Waals surface area contributed by atoms with Crippen molar-refractivity contribution in [2.24, 2.45) is 0 Å². The first-order chi connectivity index (χ1) is 4.61. The molecule has 1 aliphatic heterocycles. The molecule has 0 N–H and O–H groups in total. The quantitative estimate of drug-likeness (QED) is 0.540. The third-order valence-corrected chi connectivity index (χ3v) is 1.87. The molecule has 0 amide bonds.